The fourth-order valence-corrected chi connectivity index (χ4v) is 6.91. The van der Waals surface area contributed by atoms with Gasteiger partial charge in [0, 0.05) is 18.5 Å². The van der Waals surface area contributed by atoms with E-state index in [1.54, 1.807) is 16.4 Å². The Kier molecular flexibility index (Phi) is 5.12. The number of benzene rings is 2. The van der Waals surface area contributed by atoms with Gasteiger partial charge in [0.2, 0.25) is 10.0 Å². The lowest BCUT2D eigenvalue weighted by molar-refractivity contribution is -0.0284. The van der Waals surface area contributed by atoms with Gasteiger partial charge in [0.25, 0.3) is 0 Å². The normalized spacial score (nSPS) is 27.9. The van der Waals surface area contributed by atoms with Crippen LogP contribution >= 0.6 is 0 Å². The maximum absolute atomic E-state index is 13.4. The van der Waals surface area contributed by atoms with Gasteiger partial charge >= 0.3 is 0 Å². The van der Waals surface area contributed by atoms with E-state index in [9.17, 15) is 13.5 Å². The van der Waals surface area contributed by atoms with E-state index in [1.165, 1.54) is 0 Å². The van der Waals surface area contributed by atoms with Crippen molar-refractivity contribution in [3.8, 4) is 0 Å². The van der Waals surface area contributed by atoms with Crippen LogP contribution in [0.15, 0.2) is 59.5 Å². The Morgan fingerprint density at radius 3 is 2.03 bits per heavy atom. The molecule has 2 saturated heterocycles. The van der Waals surface area contributed by atoms with Gasteiger partial charge in [-0.05, 0) is 54.4 Å². The van der Waals surface area contributed by atoms with Crippen molar-refractivity contribution in [3.63, 3.8) is 0 Å². The molecule has 4 rings (SSSR count). The van der Waals surface area contributed by atoms with E-state index in [1.807, 2.05) is 42.5 Å². The van der Waals surface area contributed by atoms with Gasteiger partial charge in [-0.15, -0.1) is 0 Å². The quantitative estimate of drug-likeness (QED) is 0.814. The average molecular weight is 414 g/mol. The zero-order valence-corrected chi connectivity index (χ0v) is 18.3. The van der Waals surface area contributed by atoms with Crippen LogP contribution in [0.3, 0.4) is 0 Å². The Balaban J connectivity index is 1.56. The maximum Gasteiger partial charge on any atom is 0.243 e. The van der Waals surface area contributed by atoms with Crippen LogP contribution in [0.4, 0.5) is 0 Å². The SMILES string of the molecule is CC(C)(C)c1ccc(S(=O)(=O)N2C3CCC2CC(O)(Cc2ccccc2)C3)cc1. The molecule has 0 saturated carbocycles. The Labute approximate surface area is 174 Å². The number of hydrogen-bond acceptors (Lipinski definition) is 3. The molecule has 2 aromatic carbocycles. The molecule has 0 aromatic heterocycles. The van der Waals surface area contributed by atoms with Gasteiger partial charge in [-0.1, -0.05) is 63.2 Å². The molecule has 156 valence electrons. The van der Waals surface area contributed by atoms with E-state index in [2.05, 4.69) is 20.8 Å². The molecule has 2 bridgehead atoms. The molecule has 2 aliphatic heterocycles. The van der Waals surface area contributed by atoms with Gasteiger partial charge in [-0.25, -0.2) is 8.42 Å². The molecule has 0 aliphatic carbocycles. The molecule has 0 spiro atoms. The fourth-order valence-electron chi connectivity index (χ4n) is 5.04. The van der Waals surface area contributed by atoms with E-state index in [0.717, 1.165) is 24.0 Å². The zero-order valence-electron chi connectivity index (χ0n) is 17.5. The van der Waals surface area contributed by atoms with Crippen LogP contribution in [-0.4, -0.2) is 35.5 Å². The minimum atomic E-state index is -3.56. The largest absolute Gasteiger partial charge is 0.389 e. The van der Waals surface area contributed by atoms with Crippen molar-refractivity contribution in [2.45, 2.75) is 80.9 Å². The summed E-state index contributed by atoms with van der Waals surface area (Å²) in [6, 6.07) is 17.0. The van der Waals surface area contributed by atoms with E-state index in [0.29, 0.717) is 24.2 Å². The van der Waals surface area contributed by atoms with Crippen molar-refractivity contribution in [1.29, 1.82) is 0 Å². The zero-order chi connectivity index (χ0) is 20.9. The molecule has 0 radical (unpaired) electrons. The average Bonchev–Trinajstić information content (AvgIpc) is 2.95. The monoisotopic (exact) mass is 413 g/mol. The third-order valence-corrected chi connectivity index (χ3v) is 8.48. The van der Waals surface area contributed by atoms with Gasteiger partial charge in [0.15, 0.2) is 0 Å². The molecule has 2 atom stereocenters. The lowest BCUT2D eigenvalue weighted by Gasteiger charge is -2.43. The first-order chi connectivity index (χ1) is 13.6. The Morgan fingerprint density at radius 2 is 1.52 bits per heavy atom. The first-order valence-corrected chi connectivity index (χ1v) is 11.9. The van der Waals surface area contributed by atoms with Crippen LogP contribution in [0.5, 0.6) is 0 Å². The summed E-state index contributed by atoms with van der Waals surface area (Å²) in [6.07, 6.45) is 3.21. The number of aliphatic hydroxyl groups is 1. The highest BCUT2D eigenvalue weighted by molar-refractivity contribution is 7.89. The predicted molar refractivity (Wildman–Crippen MR) is 115 cm³/mol. The molecule has 1 N–H and O–H groups in total. The minimum Gasteiger partial charge on any atom is -0.389 e. The topological polar surface area (TPSA) is 57.6 Å². The Morgan fingerprint density at radius 1 is 0.966 bits per heavy atom. The first kappa shape index (κ1) is 20.6. The van der Waals surface area contributed by atoms with Crippen LogP contribution in [0.2, 0.25) is 0 Å². The number of nitrogens with zero attached hydrogens (tertiary/aromatic N) is 1. The summed E-state index contributed by atoms with van der Waals surface area (Å²) in [5.41, 5.74) is 1.37. The second kappa shape index (κ2) is 7.22. The van der Waals surface area contributed by atoms with Gasteiger partial charge in [0.1, 0.15) is 0 Å². The summed E-state index contributed by atoms with van der Waals surface area (Å²) in [5, 5.41) is 11.3. The smallest absolute Gasteiger partial charge is 0.243 e. The third-order valence-electron chi connectivity index (χ3n) is 6.46. The third kappa shape index (κ3) is 4.00. The van der Waals surface area contributed by atoms with Crippen molar-refractivity contribution in [1.82, 2.24) is 4.31 Å². The molecule has 29 heavy (non-hydrogen) atoms. The fraction of sp³-hybridized carbons (Fsp3) is 0.500. The van der Waals surface area contributed by atoms with Gasteiger partial charge < -0.3 is 5.11 Å². The molecule has 2 aliphatic rings. The van der Waals surface area contributed by atoms with Crippen LogP contribution in [-0.2, 0) is 21.9 Å². The van der Waals surface area contributed by atoms with E-state index < -0.39 is 15.6 Å². The predicted octanol–water partition coefficient (Wildman–Crippen LogP) is 4.27. The first-order valence-electron chi connectivity index (χ1n) is 10.5. The maximum atomic E-state index is 13.4. The van der Waals surface area contributed by atoms with E-state index >= 15 is 0 Å². The number of fused-ring (bicyclic) bond motifs is 2. The molecule has 2 fully saturated rings. The lowest BCUT2D eigenvalue weighted by atomic mass is 9.82. The highest BCUT2D eigenvalue weighted by atomic mass is 32.2. The number of rotatable bonds is 4. The second-order valence-electron chi connectivity index (χ2n) is 9.79. The van der Waals surface area contributed by atoms with Crippen LogP contribution in [0.25, 0.3) is 0 Å². The minimum absolute atomic E-state index is 0.0135. The summed E-state index contributed by atoms with van der Waals surface area (Å²) >= 11 is 0. The number of hydrogen-bond donors (Lipinski definition) is 1. The molecule has 2 unspecified atom stereocenters. The van der Waals surface area contributed by atoms with E-state index in [-0.39, 0.29) is 17.5 Å². The standard InChI is InChI=1S/C24H31NO3S/c1-23(2,3)19-9-13-22(14-10-19)29(27,28)25-20-11-12-21(25)17-24(26,16-20)15-18-7-5-4-6-8-18/h4-10,13-14,20-21,26H,11-12,15-17H2,1-3H3. The molecular weight excluding hydrogens is 382 g/mol. The summed E-state index contributed by atoms with van der Waals surface area (Å²) in [6.45, 7) is 6.36. The van der Waals surface area contributed by atoms with Crippen molar-refractivity contribution in [2.24, 2.45) is 0 Å². The number of piperidine rings is 1. The second-order valence-corrected chi connectivity index (χ2v) is 11.6. The van der Waals surface area contributed by atoms with Crippen molar-refractivity contribution in [2.75, 3.05) is 0 Å². The molecule has 2 heterocycles. The van der Waals surface area contributed by atoms with Gasteiger partial charge in [-0.2, -0.15) is 4.31 Å². The molecular formula is C24H31NO3S. The molecule has 2 aromatic rings. The van der Waals surface area contributed by atoms with Crippen LogP contribution < -0.4 is 0 Å². The van der Waals surface area contributed by atoms with Crippen LogP contribution in [0, 0.1) is 0 Å². The molecule has 5 heteroatoms. The van der Waals surface area contributed by atoms with Crippen molar-refractivity contribution in [3.05, 3.63) is 65.7 Å². The Bertz CT molecular complexity index is 947. The highest BCUT2D eigenvalue weighted by Crippen LogP contribution is 2.45. The summed E-state index contributed by atoms with van der Waals surface area (Å²) in [5.74, 6) is 0. The summed E-state index contributed by atoms with van der Waals surface area (Å²) < 4.78 is 28.5. The van der Waals surface area contributed by atoms with Crippen molar-refractivity contribution < 1.29 is 13.5 Å². The summed E-state index contributed by atoms with van der Waals surface area (Å²) in [4.78, 5) is 0.357. The van der Waals surface area contributed by atoms with Crippen LogP contribution in [0.1, 0.15) is 57.6 Å². The molecule has 4 nitrogen and oxygen atoms in total. The van der Waals surface area contributed by atoms with Gasteiger partial charge in [-0.3, -0.25) is 0 Å². The Hall–Kier alpha value is -1.69. The van der Waals surface area contributed by atoms with Gasteiger partial charge in [0.05, 0.1) is 10.5 Å². The number of sulfonamides is 1. The van der Waals surface area contributed by atoms with E-state index in [4.69, 9.17) is 0 Å². The lowest BCUT2D eigenvalue weighted by Crippen LogP contribution is -2.53. The highest BCUT2D eigenvalue weighted by Gasteiger charge is 2.52. The molecule has 0 amide bonds. The summed E-state index contributed by atoms with van der Waals surface area (Å²) in [7, 11) is -3.56. The van der Waals surface area contributed by atoms with Crippen molar-refractivity contribution >= 4 is 10.0 Å².